The van der Waals surface area contributed by atoms with Crippen LogP contribution in [0.2, 0.25) is 4.34 Å². The lowest BCUT2D eigenvalue weighted by Gasteiger charge is -2.10. The van der Waals surface area contributed by atoms with Crippen LogP contribution in [0.25, 0.3) is 10.8 Å². The van der Waals surface area contributed by atoms with Crippen LogP contribution in [0, 0.1) is 0 Å². The van der Waals surface area contributed by atoms with Crippen LogP contribution in [0.15, 0.2) is 54.6 Å². The first-order valence-corrected chi connectivity index (χ1v) is 7.33. The van der Waals surface area contributed by atoms with Gasteiger partial charge in [0.1, 0.15) is 0 Å². The van der Waals surface area contributed by atoms with Crippen molar-refractivity contribution in [2.45, 2.75) is 12.5 Å². The summed E-state index contributed by atoms with van der Waals surface area (Å²) in [7, 11) is 0. The third-order valence-corrected chi connectivity index (χ3v) is 4.44. The Labute approximate surface area is 121 Å². The zero-order chi connectivity index (χ0) is 13.2. The van der Waals surface area contributed by atoms with E-state index >= 15 is 0 Å². The highest BCUT2D eigenvalue weighted by Gasteiger charge is 2.10. The van der Waals surface area contributed by atoms with E-state index in [4.69, 9.17) is 11.6 Å². The fraction of sp³-hybridized carbons (Fsp3) is 0.125. The third-order valence-electron chi connectivity index (χ3n) is 3.18. The molecule has 1 unspecified atom stereocenters. The molecular formula is C16H13ClOS. The van der Waals surface area contributed by atoms with Crippen LogP contribution < -0.4 is 0 Å². The summed E-state index contributed by atoms with van der Waals surface area (Å²) in [6, 6.07) is 18.1. The molecule has 1 heterocycles. The van der Waals surface area contributed by atoms with Gasteiger partial charge in [0.2, 0.25) is 0 Å². The lowest BCUT2D eigenvalue weighted by Crippen LogP contribution is -2.00. The van der Waals surface area contributed by atoms with Crippen molar-refractivity contribution >= 4 is 33.7 Å². The number of rotatable bonds is 3. The number of fused-ring (bicyclic) bond motifs is 1. The smallest absolute Gasteiger partial charge is 0.0931 e. The van der Waals surface area contributed by atoms with E-state index in [1.54, 1.807) is 0 Å². The molecule has 0 spiro atoms. The van der Waals surface area contributed by atoms with Crippen molar-refractivity contribution in [1.29, 1.82) is 0 Å². The number of thiophene rings is 1. The Kier molecular flexibility index (Phi) is 3.56. The Balaban J connectivity index is 1.86. The van der Waals surface area contributed by atoms with Crippen LogP contribution in [0.4, 0.5) is 0 Å². The second kappa shape index (κ2) is 5.33. The Bertz CT molecular complexity index is 705. The van der Waals surface area contributed by atoms with Crippen molar-refractivity contribution in [3.63, 3.8) is 0 Å². The van der Waals surface area contributed by atoms with Crippen molar-refractivity contribution in [2.75, 3.05) is 0 Å². The first kappa shape index (κ1) is 12.7. The Morgan fingerprint density at radius 2 is 1.79 bits per heavy atom. The van der Waals surface area contributed by atoms with E-state index in [2.05, 4.69) is 24.3 Å². The Morgan fingerprint density at radius 1 is 1.00 bits per heavy atom. The molecule has 0 fully saturated rings. The molecule has 96 valence electrons. The third kappa shape index (κ3) is 2.81. The van der Waals surface area contributed by atoms with Gasteiger partial charge in [-0.15, -0.1) is 11.3 Å². The first-order valence-electron chi connectivity index (χ1n) is 6.13. The normalized spacial score (nSPS) is 12.7. The van der Waals surface area contributed by atoms with Gasteiger partial charge in [-0.3, -0.25) is 0 Å². The molecule has 0 amide bonds. The molecule has 2 aromatic carbocycles. The van der Waals surface area contributed by atoms with Crippen LogP contribution >= 0.6 is 22.9 Å². The number of aliphatic hydroxyl groups is 1. The van der Waals surface area contributed by atoms with E-state index < -0.39 is 6.10 Å². The number of halogens is 1. The summed E-state index contributed by atoms with van der Waals surface area (Å²) in [6.07, 6.45) is 0.120. The molecule has 0 bridgehead atoms. The van der Waals surface area contributed by atoms with Gasteiger partial charge in [-0.25, -0.2) is 0 Å². The Morgan fingerprint density at radius 3 is 2.53 bits per heavy atom. The van der Waals surface area contributed by atoms with Gasteiger partial charge in [-0.2, -0.15) is 0 Å². The SMILES string of the molecule is OC(Cc1ccc(Cl)s1)c1ccc2ccccc2c1. The van der Waals surface area contributed by atoms with Crippen molar-refractivity contribution in [3.05, 3.63) is 69.4 Å². The minimum Gasteiger partial charge on any atom is -0.388 e. The van der Waals surface area contributed by atoms with E-state index in [9.17, 15) is 5.11 Å². The van der Waals surface area contributed by atoms with Crippen molar-refractivity contribution in [1.82, 2.24) is 0 Å². The number of hydrogen-bond donors (Lipinski definition) is 1. The minimum absolute atomic E-state index is 0.487. The molecule has 1 atom stereocenters. The molecule has 0 saturated carbocycles. The number of hydrogen-bond acceptors (Lipinski definition) is 2. The molecular weight excluding hydrogens is 276 g/mol. The van der Waals surface area contributed by atoms with Crippen LogP contribution in [0.3, 0.4) is 0 Å². The first-order chi connectivity index (χ1) is 9.22. The van der Waals surface area contributed by atoms with Gasteiger partial charge < -0.3 is 5.11 Å². The predicted octanol–water partition coefficient (Wildman–Crippen LogP) is 4.83. The maximum Gasteiger partial charge on any atom is 0.0931 e. The van der Waals surface area contributed by atoms with Gasteiger partial charge in [-0.1, -0.05) is 48.0 Å². The monoisotopic (exact) mass is 288 g/mol. The summed E-state index contributed by atoms with van der Waals surface area (Å²) in [6.45, 7) is 0. The van der Waals surface area contributed by atoms with Crippen molar-refractivity contribution in [3.8, 4) is 0 Å². The quantitative estimate of drug-likeness (QED) is 0.732. The summed E-state index contributed by atoms with van der Waals surface area (Å²) in [5.74, 6) is 0. The predicted molar refractivity (Wildman–Crippen MR) is 81.9 cm³/mol. The van der Waals surface area contributed by atoms with Crippen LogP contribution in [-0.4, -0.2) is 5.11 Å². The minimum atomic E-state index is -0.487. The molecule has 1 N–H and O–H groups in total. The Hall–Kier alpha value is -1.35. The molecule has 3 rings (SSSR count). The second-order valence-electron chi connectivity index (χ2n) is 4.53. The van der Waals surface area contributed by atoms with E-state index in [0.29, 0.717) is 6.42 Å². The van der Waals surface area contributed by atoms with Gasteiger partial charge in [0.05, 0.1) is 10.4 Å². The summed E-state index contributed by atoms with van der Waals surface area (Å²) >= 11 is 7.42. The number of benzene rings is 2. The summed E-state index contributed by atoms with van der Waals surface area (Å²) in [5.41, 5.74) is 0.947. The fourth-order valence-electron chi connectivity index (χ4n) is 2.18. The maximum absolute atomic E-state index is 10.3. The van der Waals surface area contributed by atoms with Crippen molar-refractivity contribution in [2.24, 2.45) is 0 Å². The van der Waals surface area contributed by atoms with Gasteiger partial charge in [0, 0.05) is 11.3 Å². The molecule has 1 aromatic heterocycles. The standard InChI is InChI=1S/C16H13ClOS/c17-16-8-7-14(19-16)10-15(18)13-6-5-11-3-1-2-4-12(11)9-13/h1-9,15,18H,10H2. The topological polar surface area (TPSA) is 20.2 Å². The van der Waals surface area contributed by atoms with Crippen LogP contribution in [0.5, 0.6) is 0 Å². The lowest BCUT2D eigenvalue weighted by atomic mass is 10.0. The summed E-state index contributed by atoms with van der Waals surface area (Å²) in [4.78, 5) is 1.10. The van der Waals surface area contributed by atoms with Crippen LogP contribution in [-0.2, 0) is 6.42 Å². The molecule has 19 heavy (non-hydrogen) atoms. The molecule has 0 aliphatic rings. The molecule has 0 radical (unpaired) electrons. The molecule has 0 aliphatic heterocycles. The van der Waals surface area contributed by atoms with Gasteiger partial charge >= 0.3 is 0 Å². The molecule has 0 aliphatic carbocycles. The average molecular weight is 289 g/mol. The van der Waals surface area contributed by atoms with Gasteiger partial charge in [0.15, 0.2) is 0 Å². The van der Waals surface area contributed by atoms with E-state index in [1.165, 1.54) is 16.7 Å². The fourth-order valence-corrected chi connectivity index (χ4v) is 3.31. The summed E-state index contributed by atoms with van der Waals surface area (Å²) in [5, 5.41) is 12.7. The van der Waals surface area contributed by atoms with Gasteiger partial charge in [-0.05, 0) is 34.5 Å². The molecule has 3 aromatic rings. The van der Waals surface area contributed by atoms with E-state index in [1.807, 2.05) is 30.3 Å². The van der Waals surface area contributed by atoms with Crippen LogP contribution in [0.1, 0.15) is 16.5 Å². The lowest BCUT2D eigenvalue weighted by molar-refractivity contribution is 0.179. The highest BCUT2D eigenvalue weighted by molar-refractivity contribution is 7.16. The second-order valence-corrected chi connectivity index (χ2v) is 6.33. The molecule has 3 heteroatoms. The summed E-state index contributed by atoms with van der Waals surface area (Å²) < 4.78 is 0.765. The zero-order valence-electron chi connectivity index (χ0n) is 10.2. The highest BCUT2D eigenvalue weighted by atomic mass is 35.5. The maximum atomic E-state index is 10.3. The zero-order valence-corrected chi connectivity index (χ0v) is 11.8. The molecule has 1 nitrogen and oxygen atoms in total. The van der Waals surface area contributed by atoms with Gasteiger partial charge in [0.25, 0.3) is 0 Å². The average Bonchev–Trinajstić information content (AvgIpc) is 2.83. The highest BCUT2D eigenvalue weighted by Crippen LogP contribution is 2.28. The number of aliphatic hydroxyl groups excluding tert-OH is 1. The molecule has 0 saturated heterocycles. The van der Waals surface area contributed by atoms with Crippen molar-refractivity contribution < 1.29 is 5.11 Å². The largest absolute Gasteiger partial charge is 0.388 e. The van der Waals surface area contributed by atoms with E-state index in [0.717, 1.165) is 20.2 Å². The van der Waals surface area contributed by atoms with E-state index in [-0.39, 0.29) is 0 Å².